The number of piperazine rings is 1. The van der Waals surface area contributed by atoms with Gasteiger partial charge in [-0.05, 0) is 42.8 Å². The van der Waals surface area contributed by atoms with Gasteiger partial charge >= 0.3 is 6.03 Å². The van der Waals surface area contributed by atoms with Crippen molar-refractivity contribution in [2.75, 3.05) is 44.6 Å². The molecule has 8 nitrogen and oxygen atoms in total. The number of nitrogens with two attached hydrogens (primary N) is 1. The van der Waals surface area contributed by atoms with Crippen molar-refractivity contribution < 1.29 is 14.7 Å². The van der Waals surface area contributed by atoms with Crippen LogP contribution in [0, 0.1) is 0 Å². The molecule has 3 rings (SSSR count). The zero-order valence-electron chi connectivity index (χ0n) is 18.1. The molecule has 33 heavy (non-hydrogen) atoms. The number of hydrogen-bond acceptors (Lipinski definition) is 5. The topological polar surface area (TPSA) is 111 Å². The summed E-state index contributed by atoms with van der Waals surface area (Å²) < 4.78 is 0. The van der Waals surface area contributed by atoms with Crippen LogP contribution in [-0.4, -0.2) is 66.1 Å². The van der Waals surface area contributed by atoms with Gasteiger partial charge in [0.1, 0.15) is 5.75 Å². The van der Waals surface area contributed by atoms with Gasteiger partial charge in [-0.25, -0.2) is 4.79 Å². The Morgan fingerprint density at radius 3 is 2.24 bits per heavy atom. The Morgan fingerprint density at radius 2 is 1.64 bits per heavy atom. The molecule has 0 saturated carbocycles. The van der Waals surface area contributed by atoms with Gasteiger partial charge in [-0.2, -0.15) is 0 Å². The molecule has 0 bridgehead atoms. The summed E-state index contributed by atoms with van der Waals surface area (Å²) in [6, 6.07) is 11.8. The third-order valence-corrected chi connectivity index (χ3v) is 5.49. The zero-order chi connectivity index (χ0) is 22.2. The van der Waals surface area contributed by atoms with Crippen LogP contribution in [0.4, 0.5) is 10.5 Å². The van der Waals surface area contributed by atoms with Crippen molar-refractivity contribution in [3.05, 3.63) is 58.6 Å². The first-order valence-corrected chi connectivity index (χ1v) is 10.7. The molecule has 182 valence electrons. The van der Waals surface area contributed by atoms with E-state index in [-0.39, 0.29) is 42.2 Å². The summed E-state index contributed by atoms with van der Waals surface area (Å²) in [5, 5.41) is 15.9. The molecule has 5 N–H and O–H groups in total. The van der Waals surface area contributed by atoms with Gasteiger partial charge in [-0.15, -0.1) is 24.8 Å². The minimum absolute atomic E-state index is 0. The minimum atomic E-state index is -0.723. The highest BCUT2D eigenvalue weighted by molar-refractivity contribution is 6.30. The van der Waals surface area contributed by atoms with Crippen LogP contribution >= 0.6 is 36.4 Å². The van der Waals surface area contributed by atoms with E-state index in [4.69, 9.17) is 17.3 Å². The van der Waals surface area contributed by atoms with Gasteiger partial charge in [0, 0.05) is 56.0 Å². The SMILES string of the molecule is Cl.Cl.NC(=O)c1ccc(NC(=O)NCCCN2CCN(Cc3ccc(Cl)cc3)CC2)cc1O. The van der Waals surface area contributed by atoms with Crippen LogP contribution in [-0.2, 0) is 6.54 Å². The molecule has 11 heteroatoms. The van der Waals surface area contributed by atoms with Crippen LogP contribution in [0.5, 0.6) is 5.75 Å². The molecule has 1 saturated heterocycles. The zero-order valence-corrected chi connectivity index (χ0v) is 20.5. The fraction of sp³-hybridized carbons (Fsp3) is 0.364. The largest absolute Gasteiger partial charge is 0.507 e. The number of phenols is 1. The molecule has 3 amide bonds. The first kappa shape index (κ1) is 28.8. The highest BCUT2D eigenvalue weighted by Crippen LogP contribution is 2.21. The Balaban J connectivity index is 0.00000272. The highest BCUT2D eigenvalue weighted by atomic mass is 35.5. The molecule has 1 heterocycles. The number of anilines is 1. The third kappa shape index (κ3) is 9.27. The van der Waals surface area contributed by atoms with E-state index < -0.39 is 5.91 Å². The smallest absolute Gasteiger partial charge is 0.319 e. The van der Waals surface area contributed by atoms with E-state index in [1.54, 1.807) is 0 Å². The summed E-state index contributed by atoms with van der Waals surface area (Å²) in [4.78, 5) is 28.0. The number of primary amides is 1. The first-order chi connectivity index (χ1) is 14.9. The summed E-state index contributed by atoms with van der Waals surface area (Å²) in [5.41, 5.74) is 6.81. The normalized spacial score (nSPS) is 14.0. The van der Waals surface area contributed by atoms with Crippen LogP contribution < -0.4 is 16.4 Å². The molecular formula is C22H30Cl3N5O3. The standard InChI is InChI=1S/C22H28ClN5O3.2ClH/c23-17-4-2-16(3-5-17)15-28-12-10-27(11-13-28)9-1-8-25-22(31)26-18-6-7-19(21(24)30)20(29)14-18;;/h2-7,14,29H,1,8-13,15H2,(H2,24,30)(H2,25,26,31);2*1H. The average Bonchev–Trinajstić information content (AvgIpc) is 2.74. The van der Waals surface area contributed by atoms with Crippen LogP contribution in [0.15, 0.2) is 42.5 Å². The van der Waals surface area contributed by atoms with E-state index in [2.05, 4.69) is 32.6 Å². The number of rotatable bonds is 8. The maximum atomic E-state index is 12.0. The molecule has 0 aliphatic carbocycles. The third-order valence-electron chi connectivity index (χ3n) is 5.24. The van der Waals surface area contributed by atoms with Gasteiger partial charge in [-0.3, -0.25) is 9.69 Å². The van der Waals surface area contributed by atoms with Gasteiger partial charge in [0.15, 0.2) is 0 Å². The molecule has 1 fully saturated rings. The number of hydrogen-bond donors (Lipinski definition) is 4. The number of carbonyl (C=O) groups excluding carboxylic acids is 2. The fourth-order valence-electron chi connectivity index (χ4n) is 3.52. The molecule has 0 spiro atoms. The molecule has 2 aromatic carbocycles. The van der Waals surface area contributed by atoms with E-state index in [0.717, 1.165) is 50.7 Å². The Bertz CT molecular complexity index is 907. The van der Waals surface area contributed by atoms with E-state index in [0.29, 0.717) is 12.2 Å². The van der Waals surface area contributed by atoms with Crippen molar-refractivity contribution in [2.45, 2.75) is 13.0 Å². The Morgan fingerprint density at radius 1 is 1.00 bits per heavy atom. The summed E-state index contributed by atoms with van der Waals surface area (Å²) in [6.45, 7) is 6.44. The van der Waals surface area contributed by atoms with Gasteiger partial charge in [0.2, 0.25) is 0 Å². The van der Waals surface area contributed by atoms with Crippen molar-refractivity contribution in [1.82, 2.24) is 15.1 Å². The molecular weight excluding hydrogens is 489 g/mol. The maximum absolute atomic E-state index is 12.0. The summed E-state index contributed by atoms with van der Waals surface area (Å²) in [6.07, 6.45) is 0.844. The molecule has 1 aliphatic rings. The average molecular weight is 519 g/mol. The van der Waals surface area contributed by atoms with E-state index in [9.17, 15) is 14.7 Å². The second-order valence-corrected chi connectivity index (χ2v) is 8.01. The summed E-state index contributed by atoms with van der Waals surface area (Å²) in [7, 11) is 0. The van der Waals surface area contributed by atoms with E-state index >= 15 is 0 Å². The van der Waals surface area contributed by atoms with Gasteiger partial charge in [0.25, 0.3) is 5.91 Å². The summed E-state index contributed by atoms with van der Waals surface area (Å²) in [5.74, 6) is -0.986. The second-order valence-electron chi connectivity index (χ2n) is 7.57. The lowest BCUT2D eigenvalue weighted by Crippen LogP contribution is -2.46. The Labute approximate surface area is 211 Å². The number of halogens is 3. The number of carbonyl (C=O) groups is 2. The van der Waals surface area contributed by atoms with Gasteiger partial charge in [0.05, 0.1) is 5.56 Å². The lowest BCUT2D eigenvalue weighted by molar-refractivity contribution is 0.0998. The molecule has 0 aromatic heterocycles. The van der Waals surface area contributed by atoms with Crippen molar-refractivity contribution in [3.63, 3.8) is 0 Å². The first-order valence-electron chi connectivity index (χ1n) is 10.3. The molecule has 0 unspecified atom stereocenters. The number of urea groups is 1. The monoisotopic (exact) mass is 517 g/mol. The van der Waals surface area contributed by atoms with Crippen molar-refractivity contribution in [2.24, 2.45) is 5.73 Å². The quantitative estimate of drug-likeness (QED) is 0.401. The predicted molar refractivity (Wildman–Crippen MR) is 136 cm³/mol. The maximum Gasteiger partial charge on any atom is 0.319 e. The van der Waals surface area contributed by atoms with Crippen molar-refractivity contribution in [1.29, 1.82) is 0 Å². The summed E-state index contributed by atoms with van der Waals surface area (Å²) >= 11 is 5.94. The van der Waals surface area contributed by atoms with Crippen LogP contribution in [0.3, 0.4) is 0 Å². The van der Waals surface area contributed by atoms with Crippen LogP contribution in [0.25, 0.3) is 0 Å². The van der Waals surface area contributed by atoms with Gasteiger partial charge in [-0.1, -0.05) is 23.7 Å². The van der Waals surface area contributed by atoms with E-state index in [1.807, 2.05) is 12.1 Å². The molecule has 0 atom stereocenters. The van der Waals surface area contributed by atoms with Gasteiger partial charge < -0.3 is 26.4 Å². The van der Waals surface area contributed by atoms with Crippen LogP contribution in [0.1, 0.15) is 22.3 Å². The molecule has 2 aromatic rings. The van der Waals surface area contributed by atoms with Crippen LogP contribution in [0.2, 0.25) is 5.02 Å². The molecule has 0 radical (unpaired) electrons. The lowest BCUT2D eigenvalue weighted by Gasteiger charge is -2.34. The second kappa shape index (κ2) is 14.1. The number of benzene rings is 2. The fourth-order valence-corrected chi connectivity index (χ4v) is 3.64. The molecule has 1 aliphatic heterocycles. The Kier molecular flexibility index (Phi) is 12.3. The lowest BCUT2D eigenvalue weighted by atomic mass is 10.1. The van der Waals surface area contributed by atoms with Crippen molar-refractivity contribution in [3.8, 4) is 5.75 Å². The predicted octanol–water partition coefficient (Wildman–Crippen LogP) is 3.32. The number of nitrogens with one attached hydrogen (secondary N) is 2. The highest BCUT2D eigenvalue weighted by Gasteiger charge is 2.16. The minimum Gasteiger partial charge on any atom is -0.507 e. The van der Waals surface area contributed by atoms with E-state index in [1.165, 1.54) is 23.8 Å². The van der Waals surface area contributed by atoms with Crippen molar-refractivity contribution >= 4 is 54.0 Å². The number of amides is 3. The number of aromatic hydroxyl groups is 1. The Hall–Kier alpha value is -2.23. The number of nitrogens with zero attached hydrogens (tertiary/aromatic N) is 2.